The fraction of sp³-hybridized carbons (Fsp3) is 0.368. The Morgan fingerprint density at radius 2 is 1.90 bits per heavy atom. The molecule has 31 heavy (non-hydrogen) atoms. The number of carbonyl (C=O) groups excluding carboxylic acids is 1. The summed E-state index contributed by atoms with van der Waals surface area (Å²) < 4.78 is 38.3. The summed E-state index contributed by atoms with van der Waals surface area (Å²) in [4.78, 5) is 30.6. The minimum Gasteiger partial charge on any atom is -0.379 e. The second kappa shape index (κ2) is 9.38. The summed E-state index contributed by atoms with van der Waals surface area (Å²) in [5.41, 5.74) is -1.86. The second-order valence-corrected chi connectivity index (χ2v) is 7.30. The van der Waals surface area contributed by atoms with Crippen LogP contribution in [0.1, 0.15) is 12.0 Å². The van der Waals surface area contributed by atoms with E-state index >= 15 is 0 Å². The number of alkyl halides is 3. The minimum atomic E-state index is -4.68. The summed E-state index contributed by atoms with van der Waals surface area (Å²) in [6.45, 7) is 2.23. The highest BCUT2D eigenvalue weighted by atomic mass is 35.5. The van der Waals surface area contributed by atoms with Crippen LogP contribution in [0, 0.1) is 10.1 Å². The lowest BCUT2D eigenvalue weighted by Crippen LogP contribution is -2.49. The highest BCUT2D eigenvalue weighted by Gasteiger charge is 2.33. The maximum Gasteiger partial charge on any atom is 0.416 e. The molecule has 2 aromatic rings. The molecule has 1 aromatic heterocycles. The molecule has 1 aliphatic rings. The fourth-order valence-corrected chi connectivity index (χ4v) is 3.32. The van der Waals surface area contributed by atoms with Crippen molar-refractivity contribution >= 4 is 34.7 Å². The molecule has 8 nitrogen and oxygen atoms in total. The van der Waals surface area contributed by atoms with E-state index in [-0.39, 0.29) is 24.6 Å². The molecule has 0 unspecified atom stereocenters. The predicted octanol–water partition coefficient (Wildman–Crippen LogP) is 3.81. The zero-order chi connectivity index (χ0) is 22.6. The summed E-state index contributed by atoms with van der Waals surface area (Å²) in [5.74, 6) is 0.624. The van der Waals surface area contributed by atoms with Gasteiger partial charge in [-0.2, -0.15) is 13.2 Å². The molecule has 1 N–H and O–H groups in total. The van der Waals surface area contributed by atoms with Gasteiger partial charge in [0.2, 0.25) is 5.91 Å². The van der Waals surface area contributed by atoms with E-state index < -0.39 is 22.4 Å². The van der Waals surface area contributed by atoms with Crippen LogP contribution in [-0.4, -0.2) is 53.4 Å². The molecular weight excluding hydrogens is 439 g/mol. The van der Waals surface area contributed by atoms with Crippen molar-refractivity contribution in [3.63, 3.8) is 0 Å². The molecule has 0 bridgehead atoms. The number of benzene rings is 1. The first kappa shape index (κ1) is 22.6. The van der Waals surface area contributed by atoms with E-state index in [1.54, 1.807) is 23.2 Å². The Hall–Kier alpha value is -3.08. The van der Waals surface area contributed by atoms with Crippen molar-refractivity contribution < 1.29 is 22.9 Å². The molecule has 0 atom stereocenters. The highest BCUT2D eigenvalue weighted by Crippen LogP contribution is 2.34. The van der Waals surface area contributed by atoms with Crippen LogP contribution in [0.2, 0.25) is 5.02 Å². The number of anilines is 2. The molecule has 1 aromatic carbocycles. The number of rotatable bonds is 6. The predicted molar refractivity (Wildman–Crippen MR) is 109 cm³/mol. The summed E-state index contributed by atoms with van der Waals surface area (Å²) in [6.07, 6.45) is -3.07. The van der Waals surface area contributed by atoms with E-state index in [9.17, 15) is 28.1 Å². The molecule has 166 valence electrons. The molecule has 1 aliphatic heterocycles. The molecule has 1 fully saturated rings. The summed E-state index contributed by atoms with van der Waals surface area (Å²) in [5, 5.41) is 14.4. The molecule has 0 spiro atoms. The SMILES string of the molecule is O=C(CCNc1ccc(C(F)(F)F)cc1[N+](=O)[O-])N1CCN(c2ccc(Cl)cn2)CC1. The lowest BCUT2D eigenvalue weighted by atomic mass is 10.1. The molecule has 1 saturated heterocycles. The highest BCUT2D eigenvalue weighted by molar-refractivity contribution is 6.30. The van der Waals surface area contributed by atoms with Gasteiger partial charge < -0.3 is 15.1 Å². The lowest BCUT2D eigenvalue weighted by molar-refractivity contribution is -0.384. The van der Waals surface area contributed by atoms with E-state index in [0.717, 1.165) is 18.0 Å². The molecule has 1 amide bonds. The van der Waals surface area contributed by atoms with E-state index in [2.05, 4.69) is 10.3 Å². The third kappa shape index (κ3) is 5.75. The summed E-state index contributed by atoms with van der Waals surface area (Å²) in [6, 6.07) is 5.80. The van der Waals surface area contributed by atoms with Crippen LogP contribution in [0.25, 0.3) is 0 Å². The van der Waals surface area contributed by atoms with Crippen molar-refractivity contribution in [1.29, 1.82) is 0 Å². The number of aromatic nitrogens is 1. The average Bonchev–Trinajstić information content (AvgIpc) is 2.73. The standard InChI is InChI=1S/C19H19ClF3N5O3/c20-14-2-4-17(25-12-14)26-7-9-27(10-8-26)18(29)5-6-24-15-3-1-13(19(21,22)23)11-16(15)28(30)31/h1-4,11-12,24H,5-10H2. The third-order valence-corrected chi connectivity index (χ3v) is 5.07. The Bertz CT molecular complexity index is 948. The van der Waals surface area contributed by atoms with Crippen molar-refractivity contribution in [1.82, 2.24) is 9.88 Å². The largest absolute Gasteiger partial charge is 0.416 e. The number of hydrogen-bond donors (Lipinski definition) is 1. The van der Waals surface area contributed by atoms with Crippen molar-refractivity contribution in [3.05, 3.63) is 57.2 Å². The Labute approximate surface area is 180 Å². The molecular formula is C19H19ClF3N5O3. The van der Waals surface area contributed by atoms with Gasteiger partial charge in [-0.25, -0.2) is 4.98 Å². The van der Waals surface area contributed by atoms with Gasteiger partial charge in [0.1, 0.15) is 11.5 Å². The number of halogens is 4. The van der Waals surface area contributed by atoms with Crippen LogP contribution in [0.15, 0.2) is 36.5 Å². The van der Waals surface area contributed by atoms with Gasteiger partial charge in [-0.1, -0.05) is 11.6 Å². The van der Waals surface area contributed by atoms with Gasteiger partial charge in [0.15, 0.2) is 0 Å². The van der Waals surface area contributed by atoms with Gasteiger partial charge in [-0.15, -0.1) is 0 Å². The van der Waals surface area contributed by atoms with Gasteiger partial charge in [0, 0.05) is 51.4 Å². The number of pyridine rings is 1. The number of nitro groups is 1. The van der Waals surface area contributed by atoms with Crippen LogP contribution in [0.5, 0.6) is 0 Å². The smallest absolute Gasteiger partial charge is 0.379 e. The van der Waals surface area contributed by atoms with E-state index in [0.29, 0.717) is 37.3 Å². The monoisotopic (exact) mass is 457 g/mol. The number of hydrogen-bond acceptors (Lipinski definition) is 6. The van der Waals surface area contributed by atoms with Gasteiger partial charge in [0.25, 0.3) is 5.69 Å². The van der Waals surface area contributed by atoms with Gasteiger partial charge in [-0.05, 0) is 24.3 Å². The van der Waals surface area contributed by atoms with Crippen molar-refractivity contribution in [3.8, 4) is 0 Å². The van der Waals surface area contributed by atoms with Crippen molar-refractivity contribution in [2.45, 2.75) is 12.6 Å². The number of nitrogens with zero attached hydrogens (tertiary/aromatic N) is 4. The average molecular weight is 458 g/mol. The van der Waals surface area contributed by atoms with E-state index in [4.69, 9.17) is 11.6 Å². The molecule has 0 radical (unpaired) electrons. The maximum atomic E-state index is 12.8. The lowest BCUT2D eigenvalue weighted by Gasteiger charge is -2.35. The van der Waals surface area contributed by atoms with Gasteiger partial charge >= 0.3 is 6.18 Å². The molecule has 0 saturated carbocycles. The number of nitro benzene ring substituents is 1. The zero-order valence-electron chi connectivity index (χ0n) is 16.2. The number of amides is 1. The second-order valence-electron chi connectivity index (χ2n) is 6.87. The van der Waals surface area contributed by atoms with E-state index in [1.165, 1.54) is 0 Å². The topological polar surface area (TPSA) is 91.6 Å². The van der Waals surface area contributed by atoms with Crippen LogP contribution >= 0.6 is 11.6 Å². The molecule has 3 rings (SSSR count). The molecule has 12 heteroatoms. The zero-order valence-corrected chi connectivity index (χ0v) is 17.0. The van der Waals surface area contributed by atoms with Crippen LogP contribution in [-0.2, 0) is 11.0 Å². The van der Waals surface area contributed by atoms with Crippen LogP contribution < -0.4 is 10.2 Å². The first-order chi connectivity index (χ1) is 14.6. The third-order valence-electron chi connectivity index (χ3n) is 4.84. The molecule has 0 aliphatic carbocycles. The normalized spacial score (nSPS) is 14.5. The van der Waals surface area contributed by atoms with Crippen LogP contribution in [0.3, 0.4) is 0 Å². The van der Waals surface area contributed by atoms with Crippen molar-refractivity contribution in [2.24, 2.45) is 0 Å². The van der Waals surface area contributed by atoms with Crippen molar-refractivity contribution in [2.75, 3.05) is 42.9 Å². The molecule has 2 heterocycles. The summed E-state index contributed by atoms with van der Waals surface area (Å²) >= 11 is 5.84. The first-order valence-electron chi connectivity index (χ1n) is 9.39. The minimum absolute atomic E-state index is 0.0529. The number of carbonyl (C=O) groups is 1. The maximum absolute atomic E-state index is 12.8. The summed E-state index contributed by atoms with van der Waals surface area (Å²) in [7, 11) is 0. The van der Waals surface area contributed by atoms with E-state index in [1.807, 2.05) is 4.90 Å². The Balaban J connectivity index is 1.51. The van der Waals surface area contributed by atoms with Gasteiger partial charge in [0.05, 0.1) is 15.5 Å². The quantitative estimate of drug-likeness (QED) is 0.524. The van der Waals surface area contributed by atoms with Gasteiger partial charge in [-0.3, -0.25) is 14.9 Å². The van der Waals surface area contributed by atoms with Crippen LogP contribution in [0.4, 0.5) is 30.4 Å². The fourth-order valence-electron chi connectivity index (χ4n) is 3.21. The number of nitrogens with one attached hydrogen (secondary N) is 1. The first-order valence-corrected chi connectivity index (χ1v) is 9.77. The Morgan fingerprint density at radius 3 is 2.48 bits per heavy atom. The Kier molecular flexibility index (Phi) is 6.84. The Morgan fingerprint density at radius 1 is 1.19 bits per heavy atom. The number of piperazine rings is 1.